The van der Waals surface area contributed by atoms with Gasteiger partial charge in [0.15, 0.2) is 11.3 Å². The SMILES string of the molecule is CCc1c(C(=O)O)nc2c(-c3ccccc3Cl)c(C)nn2c1C(C)C. The Balaban J connectivity index is 2.49. The second-order valence-corrected chi connectivity index (χ2v) is 6.72. The second-order valence-electron chi connectivity index (χ2n) is 6.31. The molecule has 130 valence electrons. The first-order valence-electron chi connectivity index (χ1n) is 8.27. The molecule has 3 aromatic rings. The lowest BCUT2D eigenvalue weighted by molar-refractivity contribution is 0.0689. The molecule has 5 nitrogen and oxygen atoms in total. The van der Waals surface area contributed by atoms with E-state index in [-0.39, 0.29) is 11.6 Å². The van der Waals surface area contributed by atoms with E-state index in [0.29, 0.717) is 17.1 Å². The molecule has 25 heavy (non-hydrogen) atoms. The fourth-order valence-corrected chi connectivity index (χ4v) is 3.54. The predicted octanol–water partition coefficient (Wildman–Crippen LogP) is 4.74. The highest BCUT2D eigenvalue weighted by Crippen LogP contribution is 2.35. The van der Waals surface area contributed by atoms with Crippen LogP contribution in [0.5, 0.6) is 0 Å². The van der Waals surface area contributed by atoms with Crippen molar-refractivity contribution < 1.29 is 9.90 Å². The monoisotopic (exact) mass is 357 g/mol. The van der Waals surface area contributed by atoms with Crippen LogP contribution in [0, 0.1) is 6.92 Å². The van der Waals surface area contributed by atoms with Crippen molar-refractivity contribution in [3.8, 4) is 11.1 Å². The largest absolute Gasteiger partial charge is 0.476 e. The summed E-state index contributed by atoms with van der Waals surface area (Å²) >= 11 is 6.37. The number of carbonyl (C=O) groups is 1. The molecule has 3 rings (SSSR count). The Bertz CT molecular complexity index is 976. The number of fused-ring (bicyclic) bond motifs is 1. The third kappa shape index (κ3) is 2.78. The average molecular weight is 358 g/mol. The number of benzene rings is 1. The molecular formula is C19H20ClN3O2. The number of rotatable bonds is 4. The van der Waals surface area contributed by atoms with Crippen molar-refractivity contribution in [2.24, 2.45) is 0 Å². The van der Waals surface area contributed by atoms with Crippen LogP contribution in [0.4, 0.5) is 0 Å². The van der Waals surface area contributed by atoms with Gasteiger partial charge in [-0.05, 0) is 25.3 Å². The van der Waals surface area contributed by atoms with Crippen LogP contribution in [0.3, 0.4) is 0 Å². The molecule has 0 saturated carbocycles. The Morgan fingerprint density at radius 2 is 2.00 bits per heavy atom. The van der Waals surface area contributed by atoms with Crippen LogP contribution in [0.15, 0.2) is 24.3 Å². The van der Waals surface area contributed by atoms with Gasteiger partial charge in [0, 0.05) is 16.1 Å². The minimum atomic E-state index is -1.02. The van der Waals surface area contributed by atoms with Crippen LogP contribution in [-0.2, 0) is 6.42 Å². The summed E-state index contributed by atoms with van der Waals surface area (Å²) in [7, 11) is 0. The molecule has 0 amide bonds. The summed E-state index contributed by atoms with van der Waals surface area (Å²) in [6, 6.07) is 7.46. The molecule has 0 fully saturated rings. The van der Waals surface area contributed by atoms with E-state index < -0.39 is 5.97 Å². The highest BCUT2D eigenvalue weighted by atomic mass is 35.5. The standard InChI is InChI=1S/C19H20ClN3O2/c1-5-12-16(19(24)25)21-18-15(13-8-6-7-9-14(13)20)11(4)22-23(18)17(12)10(2)3/h6-10H,5H2,1-4H3,(H,24,25). The molecule has 0 spiro atoms. The van der Waals surface area contributed by atoms with Gasteiger partial charge in [-0.3, -0.25) is 0 Å². The first kappa shape index (κ1) is 17.4. The summed E-state index contributed by atoms with van der Waals surface area (Å²) < 4.78 is 1.78. The molecule has 2 heterocycles. The third-order valence-electron chi connectivity index (χ3n) is 4.32. The van der Waals surface area contributed by atoms with Gasteiger partial charge < -0.3 is 5.11 Å². The summed E-state index contributed by atoms with van der Waals surface area (Å²) in [5, 5.41) is 14.9. The quantitative estimate of drug-likeness (QED) is 0.732. The summed E-state index contributed by atoms with van der Waals surface area (Å²) in [5.74, 6) is -0.915. The topological polar surface area (TPSA) is 67.5 Å². The highest BCUT2D eigenvalue weighted by molar-refractivity contribution is 6.33. The summed E-state index contributed by atoms with van der Waals surface area (Å²) in [5.41, 5.74) is 4.58. The highest BCUT2D eigenvalue weighted by Gasteiger charge is 2.25. The lowest BCUT2D eigenvalue weighted by Gasteiger charge is -2.16. The molecular weight excluding hydrogens is 338 g/mol. The van der Waals surface area contributed by atoms with Gasteiger partial charge in [0.05, 0.1) is 17.0 Å². The zero-order valence-corrected chi connectivity index (χ0v) is 15.4. The Kier molecular flexibility index (Phi) is 4.52. The van der Waals surface area contributed by atoms with E-state index in [0.717, 1.165) is 28.1 Å². The van der Waals surface area contributed by atoms with Crippen LogP contribution >= 0.6 is 11.6 Å². The maximum Gasteiger partial charge on any atom is 0.354 e. The molecule has 0 atom stereocenters. The van der Waals surface area contributed by atoms with Crippen LogP contribution < -0.4 is 0 Å². The molecule has 0 aliphatic heterocycles. The van der Waals surface area contributed by atoms with Gasteiger partial charge >= 0.3 is 5.97 Å². The van der Waals surface area contributed by atoms with Gasteiger partial charge in [0.1, 0.15) is 0 Å². The Hall–Kier alpha value is -2.40. The summed E-state index contributed by atoms with van der Waals surface area (Å²) in [6.45, 7) is 7.90. The molecule has 0 unspecified atom stereocenters. The van der Waals surface area contributed by atoms with E-state index in [4.69, 9.17) is 11.6 Å². The van der Waals surface area contributed by atoms with Crippen LogP contribution in [0.1, 0.15) is 54.1 Å². The van der Waals surface area contributed by atoms with Gasteiger partial charge in [0.25, 0.3) is 0 Å². The Labute approximate surface area is 151 Å². The molecule has 1 aromatic carbocycles. The first-order valence-corrected chi connectivity index (χ1v) is 8.64. The van der Waals surface area contributed by atoms with Crippen molar-refractivity contribution >= 4 is 23.2 Å². The van der Waals surface area contributed by atoms with E-state index >= 15 is 0 Å². The van der Waals surface area contributed by atoms with Crippen molar-refractivity contribution in [3.05, 3.63) is 51.9 Å². The summed E-state index contributed by atoms with van der Waals surface area (Å²) in [4.78, 5) is 16.3. The van der Waals surface area contributed by atoms with Gasteiger partial charge in [-0.25, -0.2) is 14.3 Å². The molecule has 0 saturated heterocycles. The number of halogens is 1. The second kappa shape index (κ2) is 6.48. The molecule has 0 aliphatic rings. The van der Waals surface area contributed by atoms with Crippen molar-refractivity contribution in [2.75, 3.05) is 0 Å². The molecule has 1 N–H and O–H groups in total. The number of aromatic nitrogens is 3. The van der Waals surface area contributed by atoms with Crippen molar-refractivity contribution in [3.63, 3.8) is 0 Å². The van der Waals surface area contributed by atoms with E-state index in [2.05, 4.69) is 10.1 Å². The molecule has 6 heteroatoms. The van der Waals surface area contributed by atoms with Gasteiger partial charge in [0.2, 0.25) is 0 Å². The zero-order valence-electron chi connectivity index (χ0n) is 14.7. The van der Waals surface area contributed by atoms with Crippen LogP contribution in [0.2, 0.25) is 5.02 Å². The lowest BCUT2D eigenvalue weighted by atomic mass is 9.99. The van der Waals surface area contributed by atoms with E-state index in [9.17, 15) is 9.90 Å². The van der Waals surface area contributed by atoms with Crippen molar-refractivity contribution in [1.82, 2.24) is 14.6 Å². The van der Waals surface area contributed by atoms with E-state index in [1.807, 2.05) is 52.0 Å². The fourth-order valence-electron chi connectivity index (χ4n) is 3.31. The molecule has 0 radical (unpaired) electrons. The predicted molar refractivity (Wildman–Crippen MR) is 98.6 cm³/mol. The normalized spacial score (nSPS) is 11.4. The maximum absolute atomic E-state index is 11.8. The van der Waals surface area contributed by atoms with Crippen LogP contribution in [-0.4, -0.2) is 25.7 Å². The minimum Gasteiger partial charge on any atom is -0.476 e. The van der Waals surface area contributed by atoms with E-state index in [1.54, 1.807) is 4.52 Å². The average Bonchev–Trinajstić information content (AvgIpc) is 2.88. The summed E-state index contributed by atoms with van der Waals surface area (Å²) in [6.07, 6.45) is 0.582. The van der Waals surface area contributed by atoms with Crippen molar-refractivity contribution in [2.45, 2.75) is 40.0 Å². The fraction of sp³-hybridized carbons (Fsp3) is 0.316. The molecule has 0 aliphatic carbocycles. The minimum absolute atomic E-state index is 0.0897. The van der Waals surface area contributed by atoms with Gasteiger partial charge in [-0.2, -0.15) is 5.10 Å². The number of hydrogen-bond donors (Lipinski definition) is 1. The molecule has 2 aromatic heterocycles. The number of carboxylic acid groups (broad SMARTS) is 1. The first-order chi connectivity index (χ1) is 11.9. The third-order valence-corrected chi connectivity index (χ3v) is 4.65. The number of carboxylic acids is 1. The number of hydrogen-bond acceptors (Lipinski definition) is 3. The maximum atomic E-state index is 11.8. The van der Waals surface area contributed by atoms with Gasteiger partial charge in [-0.15, -0.1) is 0 Å². The molecule has 0 bridgehead atoms. The van der Waals surface area contributed by atoms with Crippen molar-refractivity contribution in [1.29, 1.82) is 0 Å². The Morgan fingerprint density at radius 3 is 2.56 bits per heavy atom. The number of aromatic carboxylic acids is 1. The Morgan fingerprint density at radius 1 is 1.32 bits per heavy atom. The van der Waals surface area contributed by atoms with Crippen LogP contribution in [0.25, 0.3) is 16.8 Å². The van der Waals surface area contributed by atoms with Gasteiger partial charge in [-0.1, -0.05) is 50.6 Å². The zero-order chi connectivity index (χ0) is 18.3. The number of nitrogens with zero attached hydrogens (tertiary/aromatic N) is 3. The van der Waals surface area contributed by atoms with E-state index in [1.165, 1.54) is 0 Å². The number of aryl methyl sites for hydroxylation is 1. The smallest absolute Gasteiger partial charge is 0.354 e. The lowest BCUT2D eigenvalue weighted by Crippen LogP contribution is -2.15.